The van der Waals surface area contributed by atoms with Crippen LogP contribution in [-0.2, 0) is 6.42 Å². The molecule has 8 rings (SSSR count). The molecule has 3 aliphatic rings. The average molecular weight is 532 g/mol. The summed E-state index contributed by atoms with van der Waals surface area (Å²) in [6.07, 6.45) is 14.8. The van der Waals surface area contributed by atoms with Crippen molar-refractivity contribution in [2.75, 3.05) is 0 Å². The molecule has 1 unspecified atom stereocenters. The number of nitrogens with zero attached hydrogens (tertiary/aromatic N) is 2. The monoisotopic (exact) mass is 531 g/mol. The third-order valence-electron chi connectivity index (χ3n) is 8.21. The van der Waals surface area contributed by atoms with Gasteiger partial charge in [0.15, 0.2) is 6.17 Å². The van der Waals surface area contributed by atoms with Crippen molar-refractivity contribution in [2.24, 2.45) is 9.98 Å². The first-order valence-electron chi connectivity index (χ1n) is 14.4. The molecule has 0 bridgehead atoms. The Bertz CT molecular complexity index is 1950. The lowest BCUT2D eigenvalue weighted by Gasteiger charge is -2.23. The number of hydrogen-bond acceptors (Lipinski definition) is 4. The van der Waals surface area contributed by atoms with Gasteiger partial charge in [0.25, 0.3) is 0 Å². The maximum Gasteiger partial charge on any atom is 0.169 e. The zero-order valence-corrected chi connectivity index (χ0v) is 22.7. The minimum Gasteiger partial charge on any atom is -0.456 e. The van der Waals surface area contributed by atoms with Crippen LogP contribution in [-0.4, -0.2) is 11.7 Å². The summed E-state index contributed by atoms with van der Waals surface area (Å²) in [7, 11) is 0. The number of allylic oxidation sites excluding steroid dienone is 3. The van der Waals surface area contributed by atoms with Gasteiger partial charge >= 0.3 is 0 Å². The maximum absolute atomic E-state index is 6.17. The third kappa shape index (κ3) is 4.42. The van der Waals surface area contributed by atoms with Crippen LogP contribution in [0.5, 0.6) is 0 Å². The molecule has 4 aromatic carbocycles. The largest absolute Gasteiger partial charge is 0.456 e. The molecule has 0 saturated heterocycles. The number of hydrogen-bond donors (Lipinski definition) is 1. The van der Waals surface area contributed by atoms with Gasteiger partial charge in [0.05, 0.1) is 0 Å². The molecule has 5 aromatic rings. The van der Waals surface area contributed by atoms with Crippen molar-refractivity contribution in [3.63, 3.8) is 0 Å². The first kappa shape index (κ1) is 23.9. The lowest BCUT2D eigenvalue weighted by Crippen LogP contribution is -2.36. The predicted molar refractivity (Wildman–Crippen MR) is 169 cm³/mol. The second-order valence-corrected chi connectivity index (χ2v) is 10.9. The van der Waals surface area contributed by atoms with Gasteiger partial charge in [0.1, 0.15) is 23.0 Å². The van der Waals surface area contributed by atoms with Crippen LogP contribution in [0.1, 0.15) is 47.9 Å². The normalized spacial score (nSPS) is 18.0. The molecule has 0 amide bonds. The molecular weight excluding hydrogens is 502 g/mol. The molecule has 0 spiro atoms. The van der Waals surface area contributed by atoms with E-state index in [0.29, 0.717) is 0 Å². The lowest BCUT2D eigenvalue weighted by molar-refractivity contribution is 0.596. The molecule has 1 aromatic heterocycles. The van der Waals surface area contributed by atoms with Crippen molar-refractivity contribution in [3.05, 3.63) is 137 Å². The zero-order valence-electron chi connectivity index (χ0n) is 22.7. The fourth-order valence-electron chi connectivity index (χ4n) is 6.03. The molecule has 4 nitrogen and oxygen atoms in total. The second-order valence-electron chi connectivity index (χ2n) is 10.9. The SMILES string of the molecule is C1=CC(C2=NC(c3ccc4cc5oc6c(c5cc4c3)CCC=C6)N=C(c3ccc(-c4ccccc4)cc3)N2)=CCC1. The molecule has 0 saturated carbocycles. The van der Waals surface area contributed by atoms with E-state index >= 15 is 0 Å². The summed E-state index contributed by atoms with van der Waals surface area (Å²) in [6, 6.07) is 30.1. The Labute approximate surface area is 239 Å². The van der Waals surface area contributed by atoms with E-state index in [1.807, 2.05) is 6.07 Å². The van der Waals surface area contributed by atoms with Gasteiger partial charge in [0, 0.05) is 22.1 Å². The first-order valence-corrected chi connectivity index (χ1v) is 14.4. The van der Waals surface area contributed by atoms with Crippen LogP contribution >= 0.6 is 0 Å². The summed E-state index contributed by atoms with van der Waals surface area (Å²) >= 11 is 0. The number of amidine groups is 2. The quantitative estimate of drug-likeness (QED) is 0.252. The van der Waals surface area contributed by atoms with Gasteiger partial charge in [-0.3, -0.25) is 0 Å². The van der Waals surface area contributed by atoms with Crippen molar-refractivity contribution in [1.82, 2.24) is 5.32 Å². The van der Waals surface area contributed by atoms with Crippen LogP contribution in [0.4, 0.5) is 0 Å². The molecule has 0 fully saturated rings. The molecule has 1 atom stereocenters. The highest BCUT2D eigenvalue weighted by Gasteiger charge is 2.22. The summed E-state index contributed by atoms with van der Waals surface area (Å²) < 4.78 is 6.17. The van der Waals surface area contributed by atoms with E-state index in [0.717, 1.165) is 70.8 Å². The standard InChI is InChI=1S/C37H29N3O/c1-3-9-24(10-4-1)25-15-17-27(18-16-25)36-38-35(26-11-5-2-6-12-26)39-37(40-36)29-20-19-28-23-34-32(22-30(28)21-29)31-13-7-8-14-33(31)41-34/h1,3-5,8-12,14-23,37H,2,6-7,13H2,(H,38,39,40). The van der Waals surface area contributed by atoms with E-state index < -0.39 is 0 Å². The van der Waals surface area contributed by atoms with E-state index in [4.69, 9.17) is 14.4 Å². The van der Waals surface area contributed by atoms with E-state index in [2.05, 4.69) is 115 Å². The molecule has 198 valence electrons. The highest BCUT2D eigenvalue weighted by atomic mass is 16.3. The lowest BCUT2D eigenvalue weighted by atomic mass is 9.98. The van der Waals surface area contributed by atoms with Gasteiger partial charge in [-0.2, -0.15) is 0 Å². The third-order valence-corrected chi connectivity index (χ3v) is 8.21. The number of aliphatic imine (C=N–C) groups is 2. The summed E-state index contributed by atoms with van der Waals surface area (Å²) in [5, 5.41) is 7.11. The Morgan fingerprint density at radius 2 is 1.49 bits per heavy atom. The van der Waals surface area contributed by atoms with E-state index in [1.165, 1.54) is 27.5 Å². The van der Waals surface area contributed by atoms with Crippen LogP contribution in [0.2, 0.25) is 0 Å². The van der Waals surface area contributed by atoms with E-state index in [-0.39, 0.29) is 6.17 Å². The molecular formula is C37H29N3O. The highest BCUT2D eigenvalue weighted by molar-refractivity contribution is 6.16. The Kier molecular flexibility index (Phi) is 5.77. The van der Waals surface area contributed by atoms with Gasteiger partial charge in [-0.15, -0.1) is 0 Å². The molecule has 41 heavy (non-hydrogen) atoms. The predicted octanol–water partition coefficient (Wildman–Crippen LogP) is 8.94. The Morgan fingerprint density at radius 3 is 2.34 bits per heavy atom. The van der Waals surface area contributed by atoms with Crippen molar-refractivity contribution >= 4 is 39.5 Å². The van der Waals surface area contributed by atoms with Crippen molar-refractivity contribution < 1.29 is 4.42 Å². The minimum atomic E-state index is -0.340. The van der Waals surface area contributed by atoms with Crippen molar-refractivity contribution in [1.29, 1.82) is 0 Å². The van der Waals surface area contributed by atoms with Crippen LogP contribution in [0.25, 0.3) is 38.9 Å². The summed E-state index contributed by atoms with van der Waals surface area (Å²) in [5.74, 6) is 2.70. The van der Waals surface area contributed by atoms with Gasteiger partial charge in [-0.1, -0.05) is 91.0 Å². The summed E-state index contributed by atoms with van der Waals surface area (Å²) in [6.45, 7) is 0. The topological polar surface area (TPSA) is 49.9 Å². The van der Waals surface area contributed by atoms with Crippen molar-refractivity contribution in [2.45, 2.75) is 31.8 Å². The van der Waals surface area contributed by atoms with Crippen LogP contribution in [0.3, 0.4) is 0 Å². The molecule has 4 heteroatoms. The number of benzene rings is 4. The van der Waals surface area contributed by atoms with Crippen molar-refractivity contribution in [3.8, 4) is 11.1 Å². The Morgan fingerprint density at radius 1 is 0.683 bits per heavy atom. The number of nitrogens with one attached hydrogen (secondary N) is 1. The number of aryl methyl sites for hydroxylation is 1. The molecule has 1 aliphatic heterocycles. The average Bonchev–Trinajstić information content (AvgIpc) is 3.41. The fourth-order valence-corrected chi connectivity index (χ4v) is 6.03. The zero-order chi connectivity index (χ0) is 27.2. The van der Waals surface area contributed by atoms with Gasteiger partial charge in [-0.05, 0) is 77.4 Å². The van der Waals surface area contributed by atoms with Gasteiger partial charge < -0.3 is 9.73 Å². The van der Waals surface area contributed by atoms with Gasteiger partial charge in [-0.25, -0.2) is 9.98 Å². The van der Waals surface area contributed by atoms with Crippen LogP contribution in [0, 0.1) is 0 Å². The molecule has 1 N–H and O–H groups in total. The minimum absolute atomic E-state index is 0.340. The maximum atomic E-state index is 6.17. The van der Waals surface area contributed by atoms with Gasteiger partial charge in [0.2, 0.25) is 0 Å². The molecule has 0 radical (unpaired) electrons. The smallest absolute Gasteiger partial charge is 0.169 e. The number of fused-ring (bicyclic) bond motifs is 4. The second kappa shape index (κ2) is 9.90. The van der Waals surface area contributed by atoms with Crippen LogP contribution < -0.4 is 5.32 Å². The first-order chi connectivity index (χ1) is 20.3. The van der Waals surface area contributed by atoms with E-state index in [9.17, 15) is 0 Å². The number of furan rings is 1. The van der Waals surface area contributed by atoms with Crippen LogP contribution in [0.15, 0.2) is 129 Å². The summed E-state index contributed by atoms with van der Waals surface area (Å²) in [4.78, 5) is 10.3. The Balaban J connectivity index is 1.20. The van der Waals surface area contributed by atoms with E-state index in [1.54, 1.807) is 0 Å². The summed E-state index contributed by atoms with van der Waals surface area (Å²) in [5.41, 5.74) is 7.90. The molecule has 2 heterocycles. The fraction of sp³-hybridized carbons (Fsp3) is 0.135. The Hall–Kier alpha value is -4.96. The number of rotatable bonds is 4. The highest BCUT2D eigenvalue weighted by Crippen LogP contribution is 2.35. The molecule has 2 aliphatic carbocycles.